The number of hydrogen-bond donors (Lipinski definition) is 2. The van der Waals surface area contributed by atoms with Gasteiger partial charge in [0.25, 0.3) is 5.91 Å². The fourth-order valence-corrected chi connectivity index (χ4v) is 6.42. The van der Waals surface area contributed by atoms with Gasteiger partial charge in [0.2, 0.25) is 15.9 Å². The van der Waals surface area contributed by atoms with Crippen molar-refractivity contribution in [3.63, 3.8) is 0 Å². The van der Waals surface area contributed by atoms with E-state index in [4.69, 9.17) is 4.74 Å². The Hall–Kier alpha value is -3.28. The first-order valence-corrected chi connectivity index (χ1v) is 13.0. The first kappa shape index (κ1) is 23.5. The number of aryl methyl sites for hydroxylation is 1. The third-order valence-electron chi connectivity index (χ3n) is 6.68. The number of amides is 4. The van der Waals surface area contributed by atoms with Gasteiger partial charge >= 0.3 is 6.03 Å². The summed E-state index contributed by atoms with van der Waals surface area (Å²) in [5, 5.41) is 5.44. The van der Waals surface area contributed by atoms with Gasteiger partial charge in [0, 0.05) is 18.8 Å². The molecule has 4 amide bonds. The number of sulfonamides is 1. The van der Waals surface area contributed by atoms with Crippen LogP contribution in [0.2, 0.25) is 0 Å². The van der Waals surface area contributed by atoms with E-state index in [1.165, 1.54) is 22.5 Å². The van der Waals surface area contributed by atoms with Crippen LogP contribution >= 0.6 is 0 Å². The van der Waals surface area contributed by atoms with Gasteiger partial charge in [0.1, 0.15) is 12.1 Å². The first-order chi connectivity index (χ1) is 16.8. The maximum Gasteiger partial charge on any atom is 0.325 e. The van der Waals surface area contributed by atoms with Gasteiger partial charge in [-0.25, -0.2) is 13.2 Å². The van der Waals surface area contributed by atoms with Gasteiger partial charge < -0.3 is 15.4 Å². The SMILES string of the molecule is O=C(CN1C(=O)NC2(CCCc3ccccc32)C1=O)Nc1cccc(S(=O)(=O)N2CCOCC2)c1. The standard InChI is InChI=1S/C24H26N4O6S/c29-21(25-18-7-3-8-19(15-18)35(32,33)27-11-13-34-14-12-27)16-28-22(30)24(26-23(28)31)10-4-6-17-5-1-2-9-20(17)24/h1-3,5,7-9,15H,4,6,10-14,16H2,(H,25,29)(H,26,31). The summed E-state index contributed by atoms with van der Waals surface area (Å²) in [5.74, 6) is -1.05. The molecule has 1 aliphatic carbocycles. The summed E-state index contributed by atoms with van der Waals surface area (Å²) < 4.78 is 32.4. The van der Waals surface area contributed by atoms with Crippen molar-refractivity contribution in [1.82, 2.24) is 14.5 Å². The zero-order valence-corrected chi connectivity index (χ0v) is 19.8. The van der Waals surface area contributed by atoms with E-state index in [2.05, 4.69) is 10.6 Å². The molecule has 1 atom stereocenters. The highest BCUT2D eigenvalue weighted by molar-refractivity contribution is 7.89. The molecule has 1 unspecified atom stereocenters. The largest absolute Gasteiger partial charge is 0.379 e. The van der Waals surface area contributed by atoms with Gasteiger partial charge in [0.05, 0.1) is 18.1 Å². The third-order valence-corrected chi connectivity index (χ3v) is 8.57. The van der Waals surface area contributed by atoms with Crippen LogP contribution in [-0.4, -0.2) is 68.3 Å². The quantitative estimate of drug-likeness (QED) is 0.601. The van der Waals surface area contributed by atoms with E-state index < -0.39 is 40.0 Å². The minimum atomic E-state index is -3.73. The number of benzene rings is 2. The van der Waals surface area contributed by atoms with Crippen molar-refractivity contribution in [2.75, 3.05) is 38.2 Å². The molecule has 0 saturated carbocycles. The summed E-state index contributed by atoms with van der Waals surface area (Å²) in [7, 11) is -3.73. The van der Waals surface area contributed by atoms with Gasteiger partial charge in [-0.15, -0.1) is 0 Å². The molecule has 2 heterocycles. The van der Waals surface area contributed by atoms with Gasteiger partial charge in [-0.05, 0) is 48.6 Å². The van der Waals surface area contributed by atoms with Crippen molar-refractivity contribution in [1.29, 1.82) is 0 Å². The molecule has 2 aromatic rings. The molecule has 0 radical (unpaired) electrons. The van der Waals surface area contributed by atoms with Crippen LogP contribution in [0, 0.1) is 0 Å². The summed E-state index contributed by atoms with van der Waals surface area (Å²) >= 11 is 0. The number of rotatable bonds is 5. The van der Waals surface area contributed by atoms with Crippen molar-refractivity contribution in [2.45, 2.75) is 29.7 Å². The molecule has 0 aromatic heterocycles. The molecule has 1 spiro atoms. The number of nitrogens with one attached hydrogen (secondary N) is 2. The number of urea groups is 1. The van der Waals surface area contributed by atoms with Crippen LogP contribution in [-0.2, 0) is 36.3 Å². The predicted octanol–water partition coefficient (Wildman–Crippen LogP) is 1.43. The Morgan fingerprint density at radius 3 is 2.66 bits per heavy atom. The van der Waals surface area contributed by atoms with Crippen molar-refractivity contribution >= 4 is 33.6 Å². The average Bonchev–Trinajstić information content (AvgIpc) is 3.09. The van der Waals surface area contributed by atoms with E-state index in [1.807, 2.05) is 24.3 Å². The van der Waals surface area contributed by atoms with Crippen molar-refractivity contribution in [3.8, 4) is 0 Å². The molecule has 11 heteroatoms. The molecule has 2 aliphatic heterocycles. The number of ether oxygens (including phenoxy) is 1. The van der Waals surface area contributed by atoms with Gasteiger partial charge in [0.15, 0.2) is 0 Å². The van der Waals surface area contributed by atoms with E-state index in [-0.39, 0.29) is 23.7 Å². The molecule has 5 rings (SSSR count). The van der Waals surface area contributed by atoms with E-state index in [9.17, 15) is 22.8 Å². The zero-order chi connectivity index (χ0) is 24.6. The summed E-state index contributed by atoms with van der Waals surface area (Å²) in [6.07, 6.45) is 2.03. The highest BCUT2D eigenvalue weighted by Crippen LogP contribution is 2.39. The molecule has 2 saturated heterocycles. The maximum atomic E-state index is 13.4. The summed E-state index contributed by atoms with van der Waals surface area (Å²) in [4.78, 5) is 39.9. The smallest absolute Gasteiger partial charge is 0.325 e. The van der Waals surface area contributed by atoms with Crippen LogP contribution in [0.4, 0.5) is 10.5 Å². The zero-order valence-electron chi connectivity index (χ0n) is 19.0. The Kier molecular flexibility index (Phi) is 6.07. The second-order valence-corrected chi connectivity index (χ2v) is 10.8. The highest BCUT2D eigenvalue weighted by atomic mass is 32.2. The number of anilines is 1. The first-order valence-electron chi connectivity index (χ1n) is 11.5. The number of morpholine rings is 1. The average molecular weight is 499 g/mol. The predicted molar refractivity (Wildman–Crippen MR) is 126 cm³/mol. The second-order valence-electron chi connectivity index (χ2n) is 8.83. The van der Waals surface area contributed by atoms with E-state index in [0.29, 0.717) is 19.6 Å². The van der Waals surface area contributed by atoms with Crippen LogP contribution < -0.4 is 10.6 Å². The van der Waals surface area contributed by atoms with Crippen molar-refractivity contribution in [3.05, 3.63) is 59.7 Å². The lowest BCUT2D eigenvalue weighted by Crippen LogP contribution is -2.47. The van der Waals surface area contributed by atoms with Crippen LogP contribution in [0.1, 0.15) is 24.0 Å². The number of imide groups is 1. The molecule has 2 fully saturated rings. The lowest BCUT2D eigenvalue weighted by Gasteiger charge is -2.33. The van der Waals surface area contributed by atoms with E-state index in [0.717, 1.165) is 28.9 Å². The molecule has 10 nitrogen and oxygen atoms in total. The van der Waals surface area contributed by atoms with Crippen LogP contribution in [0.5, 0.6) is 0 Å². The Balaban J connectivity index is 1.30. The van der Waals surface area contributed by atoms with E-state index in [1.54, 1.807) is 6.07 Å². The monoisotopic (exact) mass is 498 g/mol. The van der Waals surface area contributed by atoms with Crippen molar-refractivity contribution < 1.29 is 27.5 Å². The van der Waals surface area contributed by atoms with Gasteiger partial charge in [-0.2, -0.15) is 4.31 Å². The fraction of sp³-hybridized carbons (Fsp3) is 0.375. The molecule has 35 heavy (non-hydrogen) atoms. The summed E-state index contributed by atoms with van der Waals surface area (Å²) in [5.41, 5.74) is 0.887. The molecule has 0 bridgehead atoms. The summed E-state index contributed by atoms with van der Waals surface area (Å²) in [6, 6.07) is 12.8. The number of nitrogens with zero attached hydrogens (tertiary/aromatic N) is 2. The van der Waals surface area contributed by atoms with E-state index >= 15 is 0 Å². The number of carbonyl (C=O) groups excluding carboxylic acids is 3. The van der Waals surface area contributed by atoms with Gasteiger partial charge in [-0.1, -0.05) is 30.3 Å². The lowest BCUT2D eigenvalue weighted by molar-refractivity contribution is -0.134. The third kappa shape index (κ3) is 4.19. The molecule has 2 N–H and O–H groups in total. The fourth-order valence-electron chi connectivity index (χ4n) is 4.97. The topological polar surface area (TPSA) is 125 Å². The molecule has 184 valence electrons. The summed E-state index contributed by atoms with van der Waals surface area (Å²) in [6.45, 7) is 0.697. The number of fused-ring (bicyclic) bond motifs is 2. The molecular weight excluding hydrogens is 472 g/mol. The second kappa shape index (κ2) is 9.06. The Labute approximate surface area is 203 Å². The van der Waals surface area contributed by atoms with Crippen LogP contribution in [0.3, 0.4) is 0 Å². The van der Waals surface area contributed by atoms with Gasteiger partial charge in [-0.3, -0.25) is 14.5 Å². The number of carbonyl (C=O) groups is 3. The van der Waals surface area contributed by atoms with Crippen LogP contribution in [0.25, 0.3) is 0 Å². The molecule has 2 aromatic carbocycles. The molecule has 3 aliphatic rings. The highest BCUT2D eigenvalue weighted by Gasteiger charge is 2.54. The Bertz CT molecular complexity index is 1290. The lowest BCUT2D eigenvalue weighted by atomic mass is 9.76. The minimum Gasteiger partial charge on any atom is -0.379 e. The maximum absolute atomic E-state index is 13.4. The van der Waals surface area contributed by atoms with Crippen molar-refractivity contribution in [2.24, 2.45) is 0 Å². The Morgan fingerprint density at radius 2 is 1.86 bits per heavy atom. The minimum absolute atomic E-state index is 0.0463. The normalized spacial score (nSPS) is 22.7. The molecular formula is C24H26N4O6S. The van der Waals surface area contributed by atoms with Crippen LogP contribution in [0.15, 0.2) is 53.4 Å². The number of hydrogen-bond acceptors (Lipinski definition) is 6. The Morgan fingerprint density at radius 1 is 1.09 bits per heavy atom.